The molecular formula is C14H25NO. The normalized spacial score (nSPS) is 17.6. The van der Waals surface area contributed by atoms with Crippen LogP contribution in [-0.2, 0) is 4.79 Å². The van der Waals surface area contributed by atoms with Gasteiger partial charge in [0.1, 0.15) is 0 Å². The van der Waals surface area contributed by atoms with Gasteiger partial charge in [-0.3, -0.25) is 4.79 Å². The van der Waals surface area contributed by atoms with Gasteiger partial charge >= 0.3 is 0 Å². The maximum Gasteiger partial charge on any atom is 0.223 e. The molecular weight excluding hydrogens is 198 g/mol. The Hall–Kier alpha value is -0.790. The van der Waals surface area contributed by atoms with E-state index in [2.05, 4.69) is 40.7 Å². The third-order valence-electron chi connectivity index (χ3n) is 3.11. The van der Waals surface area contributed by atoms with E-state index in [1.54, 1.807) is 0 Å². The van der Waals surface area contributed by atoms with Crippen molar-refractivity contribution in [2.24, 2.45) is 11.3 Å². The number of carbonyl (C=O) groups excluding carboxylic acids is 1. The molecule has 0 unspecified atom stereocenters. The zero-order chi connectivity index (χ0) is 12.3. The summed E-state index contributed by atoms with van der Waals surface area (Å²) in [6.07, 6.45) is 3.95. The molecule has 1 aliphatic heterocycles. The molecule has 0 spiro atoms. The van der Waals surface area contributed by atoms with Crippen LogP contribution in [0.5, 0.6) is 0 Å². The van der Waals surface area contributed by atoms with E-state index in [0.29, 0.717) is 18.2 Å². The monoisotopic (exact) mass is 223 g/mol. The topological polar surface area (TPSA) is 20.3 Å². The standard InChI is InChI=1S/C14H25NO/c1-11(2)10-13(16)15-8-6-12(7-9-15)14(3,4)5/h6,11H,7-10H2,1-5H3. The first-order valence-electron chi connectivity index (χ1n) is 6.28. The predicted octanol–water partition coefficient (Wildman–Crippen LogP) is 3.24. The molecule has 0 aromatic carbocycles. The Morgan fingerprint density at radius 3 is 2.44 bits per heavy atom. The summed E-state index contributed by atoms with van der Waals surface area (Å²) in [6.45, 7) is 12.6. The first-order valence-corrected chi connectivity index (χ1v) is 6.28. The average Bonchev–Trinajstić information content (AvgIpc) is 2.15. The van der Waals surface area contributed by atoms with E-state index in [0.717, 1.165) is 19.5 Å². The van der Waals surface area contributed by atoms with Crippen molar-refractivity contribution in [2.75, 3.05) is 13.1 Å². The molecule has 0 saturated carbocycles. The third-order valence-corrected chi connectivity index (χ3v) is 3.11. The molecule has 1 aliphatic rings. The zero-order valence-corrected chi connectivity index (χ0v) is 11.3. The lowest BCUT2D eigenvalue weighted by Gasteiger charge is -2.32. The highest BCUT2D eigenvalue weighted by Gasteiger charge is 2.23. The molecule has 2 heteroatoms. The second-order valence-corrected chi connectivity index (χ2v) is 6.17. The van der Waals surface area contributed by atoms with Crippen molar-refractivity contribution < 1.29 is 4.79 Å². The predicted molar refractivity (Wildman–Crippen MR) is 68.2 cm³/mol. The average molecular weight is 223 g/mol. The summed E-state index contributed by atoms with van der Waals surface area (Å²) in [6, 6.07) is 0. The molecule has 16 heavy (non-hydrogen) atoms. The van der Waals surface area contributed by atoms with E-state index in [9.17, 15) is 4.79 Å². The van der Waals surface area contributed by atoms with Gasteiger partial charge in [-0.2, -0.15) is 0 Å². The van der Waals surface area contributed by atoms with Gasteiger partial charge in [-0.1, -0.05) is 46.3 Å². The molecule has 0 bridgehead atoms. The van der Waals surface area contributed by atoms with Gasteiger partial charge in [0.2, 0.25) is 5.91 Å². The Morgan fingerprint density at radius 1 is 1.44 bits per heavy atom. The number of hydrogen-bond donors (Lipinski definition) is 0. The number of amides is 1. The van der Waals surface area contributed by atoms with E-state index in [-0.39, 0.29) is 5.41 Å². The molecule has 2 nitrogen and oxygen atoms in total. The minimum absolute atomic E-state index is 0.257. The van der Waals surface area contributed by atoms with E-state index >= 15 is 0 Å². The van der Waals surface area contributed by atoms with Crippen molar-refractivity contribution in [3.63, 3.8) is 0 Å². The summed E-state index contributed by atoms with van der Waals surface area (Å²) in [7, 11) is 0. The van der Waals surface area contributed by atoms with Crippen LogP contribution in [-0.4, -0.2) is 23.9 Å². The van der Waals surface area contributed by atoms with Crippen LogP contribution in [0.15, 0.2) is 11.6 Å². The lowest BCUT2D eigenvalue weighted by atomic mass is 9.83. The molecule has 0 aromatic heterocycles. The highest BCUT2D eigenvalue weighted by atomic mass is 16.2. The Kier molecular flexibility index (Phi) is 4.17. The second-order valence-electron chi connectivity index (χ2n) is 6.17. The summed E-state index contributed by atoms with van der Waals surface area (Å²) in [5.41, 5.74) is 1.74. The number of carbonyl (C=O) groups is 1. The molecule has 0 radical (unpaired) electrons. The molecule has 0 atom stereocenters. The number of nitrogens with zero attached hydrogens (tertiary/aromatic N) is 1. The van der Waals surface area contributed by atoms with Gasteiger partial charge in [0.05, 0.1) is 0 Å². The fraction of sp³-hybridized carbons (Fsp3) is 0.786. The molecule has 1 amide bonds. The van der Waals surface area contributed by atoms with Crippen molar-refractivity contribution in [2.45, 2.75) is 47.5 Å². The highest BCUT2D eigenvalue weighted by Crippen LogP contribution is 2.30. The van der Waals surface area contributed by atoms with Gasteiger partial charge < -0.3 is 4.90 Å². The highest BCUT2D eigenvalue weighted by molar-refractivity contribution is 5.76. The largest absolute Gasteiger partial charge is 0.339 e. The van der Waals surface area contributed by atoms with Gasteiger partial charge in [-0.05, 0) is 17.8 Å². The van der Waals surface area contributed by atoms with Crippen molar-refractivity contribution in [3.05, 3.63) is 11.6 Å². The van der Waals surface area contributed by atoms with Crippen LogP contribution in [0, 0.1) is 11.3 Å². The quantitative estimate of drug-likeness (QED) is 0.658. The van der Waals surface area contributed by atoms with Crippen LogP contribution >= 0.6 is 0 Å². The van der Waals surface area contributed by atoms with Gasteiger partial charge in [0.15, 0.2) is 0 Å². The Bertz CT molecular complexity index is 284. The van der Waals surface area contributed by atoms with Crippen molar-refractivity contribution in [1.29, 1.82) is 0 Å². The summed E-state index contributed by atoms with van der Waals surface area (Å²) < 4.78 is 0. The van der Waals surface area contributed by atoms with E-state index in [1.807, 2.05) is 4.90 Å². The number of hydrogen-bond acceptors (Lipinski definition) is 1. The fourth-order valence-electron chi connectivity index (χ4n) is 2.06. The smallest absolute Gasteiger partial charge is 0.223 e. The Balaban J connectivity index is 2.54. The van der Waals surface area contributed by atoms with Crippen LogP contribution < -0.4 is 0 Å². The van der Waals surface area contributed by atoms with E-state index in [1.165, 1.54) is 5.57 Å². The van der Waals surface area contributed by atoms with Crippen molar-refractivity contribution in [1.82, 2.24) is 4.90 Å². The Labute approximate surface area is 99.7 Å². The summed E-state index contributed by atoms with van der Waals surface area (Å²) in [4.78, 5) is 13.8. The van der Waals surface area contributed by atoms with Gasteiger partial charge in [-0.25, -0.2) is 0 Å². The van der Waals surface area contributed by atoms with Crippen LogP contribution in [0.3, 0.4) is 0 Å². The molecule has 1 heterocycles. The zero-order valence-electron chi connectivity index (χ0n) is 11.3. The van der Waals surface area contributed by atoms with Crippen LogP contribution in [0.25, 0.3) is 0 Å². The molecule has 0 aliphatic carbocycles. The van der Waals surface area contributed by atoms with Gasteiger partial charge in [-0.15, -0.1) is 0 Å². The summed E-state index contributed by atoms with van der Waals surface area (Å²) in [5, 5.41) is 0. The molecule has 1 rings (SSSR count). The minimum Gasteiger partial charge on any atom is -0.339 e. The second kappa shape index (κ2) is 5.03. The molecule has 92 valence electrons. The SMILES string of the molecule is CC(C)CC(=O)N1CC=C(C(C)(C)C)CC1. The fourth-order valence-corrected chi connectivity index (χ4v) is 2.06. The molecule has 0 fully saturated rings. The third kappa shape index (κ3) is 3.66. The first-order chi connectivity index (χ1) is 7.30. The van der Waals surface area contributed by atoms with Crippen molar-refractivity contribution >= 4 is 5.91 Å². The molecule has 0 N–H and O–H groups in total. The van der Waals surface area contributed by atoms with Crippen LogP contribution in [0.2, 0.25) is 0 Å². The maximum atomic E-state index is 11.9. The first kappa shape index (κ1) is 13.3. The van der Waals surface area contributed by atoms with Crippen molar-refractivity contribution in [3.8, 4) is 0 Å². The Morgan fingerprint density at radius 2 is 2.06 bits per heavy atom. The van der Waals surface area contributed by atoms with E-state index < -0.39 is 0 Å². The van der Waals surface area contributed by atoms with Gasteiger partial charge in [0.25, 0.3) is 0 Å². The molecule has 0 aromatic rings. The lowest BCUT2D eigenvalue weighted by molar-refractivity contribution is -0.131. The lowest BCUT2D eigenvalue weighted by Crippen LogP contribution is -2.36. The minimum atomic E-state index is 0.257. The maximum absolute atomic E-state index is 11.9. The summed E-state index contributed by atoms with van der Waals surface area (Å²) >= 11 is 0. The van der Waals surface area contributed by atoms with Crippen LogP contribution in [0.1, 0.15) is 47.5 Å². The van der Waals surface area contributed by atoms with E-state index in [4.69, 9.17) is 0 Å². The summed E-state index contributed by atoms with van der Waals surface area (Å²) in [5.74, 6) is 0.764. The molecule has 0 saturated heterocycles. The van der Waals surface area contributed by atoms with Gasteiger partial charge in [0, 0.05) is 19.5 Å². The van der Waals surface area contributed by atoms with Crippen LogP contribution in [0.4, 0.5) is 0 Å². The number of rotatable bonds is 2.